The average molecular weight is 178 g/mol. The highest BCUT2D eigenvalue weighted by Gasteiger charge is 1.97. The molecule has 0 saturated heterocycles. The Morgan fingerprint density at radius 1 is 1.31 bits per heavy atom. The fourth-order valence-electron chi connectivity index (χ4n) is 1.16. The molecule has 0 fully saturated rings. The zero-order valence-corrected chi connectivity index (χ0v) is 7.73. The van der Waals surface area contributed by atoms with Crippen LogP contribution >= 0.6 is 0 Å². The Labute approximate surface area is 78.5 Å². The third kappa shape index (κ3) is 2.92. The minimum absolute atomic E-state index is 0.0924. The van der Waals surface area contributed by atoms with Crippen molar-refractivity contribution in [2.24, 2.45) is 0 Å². The van der Waals surface area contributed by atoms with Crippen LogP contribution in [0.25, 0.3) is 0 Å². The smallest absolute Gasteiger partial charge is 0.122 e. The summed E-state index contributed by atoms with van der Waals surface area (Å²) in [6.07, 6.45) is 4.45. The second-order valence-electron chi connectivity index (χ2n) is 2.67. The van der Waals surface area contributed by atoms with E-state index in [-0.39, 0.29) is 6.61 Å². The molecule has 0 aliphatic heterocycles. The third-order valence-electron chi connectivity index (χ3n) is 1.80. The van der Waals surface area contributed by atoms with Crippen molar-refractivity contribution in [3.8, 4) is 5.75 Å². The number of ether oxygens (including phenoxy) is 1. The Morgan fingerprint density at radius 3 is 2.77 bits per heavy atom. The number of benzene rings is 1. The van der Waals surface area contributed by atoms with Crippen LogP contribution in [0.1, 0.15) is 5.56 Å². The number of rotatable bonds is 4. The van der Waals surface area contributed by atoms with Gasteiger partial charge in [-0.15, -0.1) is 0 Å². The number of hydrogen-bond acceptors (Lipinski definition) is 2. The normalized spacial score (nSPS) is 10.6. The SMILES string of the molecule is COc1ccccc1CC=CCO. The van der Waals surface area contributed by atoms with Crippen molar-refractivity contribution < 1.29 is 9.84 Å². The lowest BCUT2D eigenvalue weighted by Crippen LogP contribution is -1.89. The van der Waals surface area contributed by atoms with Gasteiger partial charge in [0.05, 0.1) is 13.7 Å². The predicted molar refractivity (Wildman–Crippen MR) is 52.9 cm³/mol. The highest BCUT2D eigenvalue weighted by molar-refractivity contribution is 5.34. The highest BCUT2D eigenvalue weighted by atomic mass is 16.5. The lowest BCUT2D eigenvalue weighted by atomic mass is 10.1. The zero-order chi connectivity index (χ0) is 9.52. The molecule has 2 heteroatoms. The number of aliphatic hydroxyl groups excluding tert-OH is 1. The summed E-state index contributed by atoms with van der Waals surface area (Å²) in [5.41, 5.74) is 1.13. The van der Waals surface area contributed by atoms with Crippen LogP contribution in [-0.2, 0) is 6.42 Å². The Kier molecular flexibility index (Phi) is 4.06. The molecule has 1 aromatic rings. The summed E-state index contributed by atoms with van der Waals surface area (Å²) in [6.45, 7) is 0.0924. The highest BCUT2D eigenvalue weighted by Crippen LogP contribution is 2.17. The first-order chi connectivity index (χ1) is 6.38. The maximum absolute atomic E-state index is 8.55. The van der Waals surface area contributed by atoms with Gasteiger partial charge in [0.2, 0.25) is 0 Å². The van der Waals surface area contributed by atoms with Crippen molar-refractivity contribution in [3.63, 3.8) is 0 Å². The lowest BCUT2D eigenvalue weighted by Gasteiger charge is -2.04. The molecule has 0 saturated carbocycles. The van der Waals surface area contributed by atoms with Crippen LogP contribution in [0.2, 0.25) is 0 Å². The van der Waals surface area contributed by atoms with Crippen molar-refractivity contribution in [2.75, 3.05) is 13.7 Å². The van der Waals surface area contributed by atoms with E-state index in [1.165, 1.54) is 0 Å². The topological polar surface area (TPSA) is 29.5 Å². The van der Waals surface area contributed by atoms with E-state index in [2.05, 4.69) is 0 Å². The Balaban J connectivity index is 2.69. The summed E-state index contributed by atoms with van der Waals surface area (Å²) >= 11 is 0. The molecule has 1 N–H and O–H groups in total. The maximum atomic E-state index is 8.55. The Hall–Kier alpha value is -1.28. The van der Waals surface area contributed by atoms with E-state index in [1.807, 2.05) is 30.3 Å². The lowest BCUT2D eigenvalue weighted by molar-refractivity contribution is 0.342. The van der Waals surface area contributed by atoms with Crippen LogP contribution in [0.5, 0.6) is 5.75 Å². The second-order valence-corrected chi connectivity index (χ2v) is 2.67. The van der Waals surface area contributed by atoms with Crippen LogP contribution in [0.3, 0.4) is 0 Å². The number of para-hydroxylation sites is 1. The molecule has 0 spiro atoms. The fourth-order valence-corrected chi connectivity index (χ4v) is 1.16. The molecule has 0 heterocycles. The van der Waals surface area contributed by atoms with E-state index < -0.39 is 0 Å². The molecule has 0 bridgehead atoms. The molecule has 0 unspecified atom stereocenters. The van der Waals surface area contributed by atoms with Crippen LogP contribution in [0, 0.1) is 0 Å². The molecule has 1 rings (SSSR count). The average Bonchev–Trinajstić information content (AvgIpc) is 2.19. The quantitative estimate of drug-likeness (QED) is 0.712. The molecule has 0 atom stereocenters. The summed E-state index contributed by atoms with van der Waals surface area (Å²) in [5.74, 6) is 0.894. The Morgan fingerprint density at radius 2 is 2.08 bits per heavy atom. The summed E-state index contributed by atoms with van der Waals surface area (Å²) in [5, 5.41) is 8.55. The maximum Gasteiger partial charge on any atom is 0.122 e. The van der Waals surface area contributed by atoms with Gasteiger partial charge < -0.3 is 9.84 Å². The molecule has 0 aliphatic carbocycles. The fraction of sp³-hybridized carbons (Fsp3) is 0.273. The first kappa shape index (κ1) is 9.81. The number of aliphatic hydroxyl groups is 1. The van der Waals surface area contributed by atoms with Crippen LogP contribution in [0.4, 0.5) is 0 Å². The third-order valence-corrected chi connectivity index (χ3v) is 1.80. The van der Waals surface area contributed by atoms with Crippen molar-refractivity contribution in [1.82, 2.24) is 0 Å². The van der Waals surface area contributed by atoms with Gasteiger partial charge in [0, 0.05) is 0 Å². The largest absolute Gasteiger partial charge is 0.496 e. The van der Waals surface area contributed by atoms with Gasteiger partial charge in [0.1, 0.15) is 5.75 Å². The van der Waals surface area contributed by atoms with Crippen molar-refractivity contribution in [2.45, 2.75) is 6.42 Å². The zero-order valence-electron chi connectivity index (χ0n) is 7.73. The summed E-state index contributed by atoms with van der Waals surface area (Å²) in [6, 6.07) is 7.87. The van der Waals surface area contributed by atoms with Crippen molar-refractivity contribution >= 4 is 0 Å². The van der Waals surface area contributed by atoms with Gasteiger partial charge in [0.25, 0.3) is 0 Å². The summed E-state index contributed by atoms with van der Waals surface area (Å²) in [4.78, 5) is 0. The van der Waals surface area contributed by atoms with Gasteiger partial charge in [0.15, 0.2) is 0 Å². The second kappa shape index (κ2) is 5.38. The predicted octanol–water partition coefficient (Wildman–Crippen LogP) is 1.79. The summed E-state index contributed by atoms with van der Waals surface area (Å²) in [7, 11) is 1.66. The first-order valence-corrected chi connectivity index (χ1v) is 4.26. The van der Waals surface area contributed by atoms with Gasteiger partial charge in [-0.2, -0.15) is 0 Å². The van der Waals surface area contributed by atoms with E-state index in [0.717, 1.165) is 17.7 Å². The van der Waals surface area contributed by atoms with Crippen molar-refractivity contribution in [1.29, 1.82) is 0 Å². The molecular weight excluding hydrogens is 164 g/mol. The van der Waals surface area contributed by atoms with E-state index in [0.29, 0.717) is 0 Å². The number of hydrogen-bond donors (Lipinski definition) is 1. The molecule has 2 nitrogen and oxygen atoms in total. The molecular formula is C11H14O2. The van der Waals surface area contributed by atoms with Crippen LogP contribution in [0.15, 0.2) is 36.4 Å². The minimum atomic E-state index is 0.0924. The van der Waals surface area contributed by atoms with Gasteiger partial charge in [-0.1, -0.05) is 30.4 Å². The molecule has 0 aliphatic rings. The van der Waals surface area contributed by atoms with Gasteiger partial charge >= 0.3 is 0 Å². The molecule has 0 aromatic heterocycles. The van der Waals surface area contributed by atoms with Crippen molar-refractivity contribution in [3.05, 3.63) is 42.0 Å². The van der Waals surface area contributed by atoms with E-state index in [1.54, 1.807) is 13.2 Å². The molecule has 0 radical (unpaired) electrons. The minimum Gasteiger partial charge on any atom is -0.496 e. The van der Waals surface area contributed by atoms with E-state index in [9.17, 15) is 0 Å². The first-order valence-electron chi connectivity index (χ1n) is 4.26. The standard InChI is InChI=1S/C11H14O2/c1-13-11-8-3-2-6-10(11)7-4-5-9-12/h2-6,8,12H,7,9H2,1H3. The van der Waals surface area contributed by atoms with Crippen LogP contribution in [-0.4, -0.2) is 18.8 Å². The Bertz CT molecular complexity index is 279. The van der Waals surface area contributed by atoms with Gasteiger partial charge in [-0.05, 0) is 18.1 Å². The summed E-state index contributed by atoms with van der Waals surface area (Å²) < 4.78 is 5.18. The van der Waals surface area contributed by atoms with E-state index in [4.69, 9.17) is 9.84 Å². The van der Waals surface area contributed by atoms with E-state index >= 15 is 0 Å². The molecule has 1 aromatic carbocycles. The monoisotopic (exact) mass is 178 g/mol. The number of methoxy groups -OCH3 is 1. The van der Waals surface area contributed by atoms with Crippen LogP contribution < -0.4 is 4.74 Å². The van der Waals surface area contributed by atoms with Gasteiger partial charge in [-0.3, -0.25) is 0 Å². The number of allylic oxidation sites excluding steroid dienone is 1. The van der Waals surface area contributed by atoms with Gasteiger partial charge in [-0.25, -0.2) is 0 Å². The molecule has 0 amide bonds. The molecule has 13 heavy (non-hydrogen) atoms. The molecule has 70 valence electrons.